The first-order valence-corrected chi connectivity index (χ1v) is 7.93. The fourth-order valence-electron chi connectivity index (χ4n) is 2.43. The van der Waals surface area contributed by atoms with Gasteiger partial charge in [-0.3, -0.25) is 9.59 Å². The van der Waals surface area contributed by atoms with Gasteiger partial charge in [-0.1, -0.05) is 24.3 Å². The molecular weight excluding hydrogens is 326 g/mol. The highest BCUT2D eigenvalue weighted by molar-refractivity contribution is 5.92. The van der Waals surface area contributed by atoms with Crippen LogP contribution >= 0.6 is 0 Å². The van der Waals surface area contributed by atoms with Gasteiger partial charge >= 0.3 is 0 Å². The van der Waals surface area contributed by atoms with Crippen molar-refractivity contribution in [3.63, 3.8) is 0 Å². The summed E-state index contributed by atoms with van der Waals surface area (Å²) in [4.78, 5) is 25.0. The molecule has 0 aromatic heterocycles. The second kappa shape index (κ2) is 8.37. The van der Waals surface area contributed by atoms with Crippen LogP contribution in [0, 0.1) is 18.6 Å². The van der Waals surface area contributed by atoms with Crippen LogP contribution in [-0.2, 0) is 16.1 Å². The highest BCUT2D eigenvalue weighted by Crippen LogP contribution is 2.18. The molecule has 132 valence electrons. The average molecular weight is 346 g/mol. The molecule has 2 aromatic carbocycles. The molecular formula is C19H20F2N2O2. The molecule has 2 rings (SSSR count). The molecule has 0 radical (unpaired) electrons. The van der Waals surface area contributed by atoms with Crippen LogP contribution in [0.3, 0.4) is 0 Å². The maximum Gasteiger partial charge on any atom is 0.223 e. The molecule has 0 fully saturated rings. The quantitative estimate of drug-likeness (QED) is 0.872. The summed E-state index contributed by atoms with van der Waals surface area (Å²) in [5.74, 6) is -2.59. The van der Waals surface area contributed by atoms with Crippen LogP contribution in [0.2, 0.25) is 0 Å². The zero-order valence-electron chi connectivity index (χ0n) is 14.2. The van der Waals surface area contributed by atoms with E-state index in [-0.39, 0.29) is 30.5 Å². The number of hydrogen-bond donors (Lipinski definition) is 1. The topological polar surface area (TPSA) is 49.4 Å². The Morgan fingerprint density at radius 1 is 1.08 bits per heavy atom. The molecule has 6 heteroatoms. The predicted octanol–water partition coefficient (Wildman–Crippen LogP) is 3.33. The Labute approximate surface area is 145 Å². The monoisotopic (exact) mass is 346 g/mol. The molecule has 0 aliphatic rings. The van der Waals surface area contributed by atoms with Crippen molar-refractivity contribution in [3.05, 3.63) is 65.2 Å². The van der Waals surface area contributed by atoms with Crippen LogP contribution in [-0.4, -0.2) is 18.4 Å². The van der Waals surface area contributed by atoms with Gasteiger partial charge in [0.25, 0.3) is 0 Å². The van der Waals surface area contributed by atoms with Gasteiger partial charge in [0.15, 0.2) is 11.6 Å². The summed E-state index contributed by atoms with van der Waals surface area (Å²) in [6, 6.07) is 10.9. The molecule has 0 saturated heterocycles. The molecule has 0 atom stereocenters. The number of carbonyl (C=O) groups is 2. The van der Waals surface area contributed by atoms with Crippen LogP contribution in [0.5, 0.6) is 0 Å². The first-order chi connectivity index (χ1) is 11.9. The number of hydrogen-bond acceptors (Lipinski definition) is 2. The van der Waals surface area contributed by atoms with Crippen molar-refractivity contribution in [1.82, 2.24) is 5.32 Å². The summed E-state index contributed by atoms with van der Waals surface area (Å²) < 4.78 is 26.4. The molecule has 0 spiro atoms. The maximum absolute atomic E-state index is 13.4. The number of nitrogens with one attached hydrogen (secondary N) is 1. The van der Waals surface area contributed by atoms with E-state index in [2.05, 4.69) is 5.32 Å². The van der Waals surface area contributed by atoms with Crippen LogP contribution in [0.4, 0.5) is 14.5 Å². The van der Waals surface area contributed by atoms with Crippen molar-refractivity contribution in [2.45, 2.75) is 26.8 Å². The zero-order valence-corrected chi connectivity index (χ0v) is 14.2. The fourth-order valence-corrected chi connectivity index (χ4v) is 2.43. The van der Waals surface area contributed by atoms with E-state index in [0.29, 0.717) is 6.54 Å². The minimum atomic E-state index is -1.03. The van der Waals surface area contributed by atoms with E-state index in [1.807, 2.05) is 31.2 Å². The number of anilines is 1. The van der Waals surface area contributed by atoms with Crippen LogP contribution in [0.25, 0.3) is 0 Å². The average Bonchev–Trinajstić information content (AvgIpc) is 2.57. The Kier molecular flexibility index (Phi) is 6.22. The number of amides is 2. The predicted molar refractivity (Wildman–Crippen MR) is 92.0 cm³/mol. The van der Waals surface area contributed by atoms with E-state index in [0.717, 1.165) is 23.3 Å². The molecule has 0 aliphatic carbocycles. The van der Waals surface area contributed by atoms with E-state index in [1.54, 1.807) is 0 Å². The van der Waals surface area contributed by atoms with E-state index < -0.39 is 11.6 Å². The standard InChI is InChI=1S/C19H20F2N2O2/c1-13-5-3-4-6-15(13)12-22-19(25)9-10-23(14(2)24)16-7-8-17(20)18(21)11-16/h3-8,11H,9-10,12H2,1-2H3,(H,22,25). The normalized spacial score (nSPS) is 10.4. The van der Waals surface area contributed by atoms with Gasteiger partial charge in [0.2, 0.25) is 11.8 Å². The van der Waals surface area contributed by atoms with E-state index in [9.17, 15) is 18.4 Å². The summed E-state index contributed by atoms with van der Waals surface area (Å²) in [6.45, 7) is 3.76. The largest absolute Gasteiger partial charge is 0.352 e. The van der Waals surface area contributed by atoms with Gasteiger partial charge in [0.1, 0.15) is 0 Å². The van der Waals surface area contributed by atoms with E-state index in [1.165, 1.54) is 17.9 Å². The first-order valence-electron chi connectivity index (χ1n) is 7.93. The van der Waals surface area contributed by atoms with E-state index in [4.69, 9.17) is 0 Å². The van der Waals surface area contributed by atoms with Gasteiger partial charge in [-0.2, -0.15) is 0 Å². The lowest BCUT2D eigenvalue weighted by molar-refractivity contribution is -0.121. The van der Waals surface area contributed by atoms with Crippen molar-refractivity contribution in [1.29, 1.82) is 0 Å². The summed E-state index contributed by atoms with van der Waals surface area (Å²) in [7, 11) is 0. The van der Waals surface area contributed by atoms with Crippen molar-refractivity contribution in [2.24, 2.45) is 0 Å². The molecule has 2 amide bonds. The van der Waals surface area contributed by atoms with Gasteiger partial charge in [0, 0.05) is 38.2 Å². The lowest BCUT2D eigenvalue weighted by atomic mass is 10.1. The summed E-state index contributed by atoms with van der Waals surface area (Å²) in [6.07, 6.45) is 0.0600. The third-order valence-corrected chi connectivity index (χ3v) is 3.89. The van der Waals surface area contributed by atoms with Crippen molar-refractivity contribution >= 4 is 17.5 Å². The van der Waals surface area contributed by atoms with Crippen molar-refractivity contribution in [2.75, 3.05) is 11.4 Å². The van der Waals surface area contributed by atoms with Crippen molar-refractivity contribution in [3.8, 4) is 0 Å². The summed E-state index contributed by atoms with van der Waals surface area (Å²) in [5, 5.41) is 2.80. The lowest BCUT2D eigenvalue weighted by Gasteiger charge is -2.21. The van der Waals surface area contributed by atoms with Crippen LogP contribution < -0.4 is 10.2 Å². The Balaban J connectivity index is 1.94. The number of nitrogens with zero attached hydrogens (tertiary/aromatic N) is 1. The number of benzene rings is 2. The molecule has 25 heavy (non-hydrogen) atoms. The third-order valence-electron chi connectivity index (χ3n) is 3.89. The third kappa shape index (κ3) is 5.11. The molecule has 2 aromatic rings. The van der Waals surface area contributed by atoms with Gasteiger partial charge < -0.3 is 10.2 Å². The molecule has 0 unspecified atom stereocenters. The number of halogens is 2. The van der Waals surface area contributed by atoms with Crippen LogP contribution in [0.15, 0.2) is 42.5 Å². The Bertz CT molecular complexity index is 778. The molecule has 0 heterocycles. The van der Waals surface area contributed by atoms with Gasteiger partial charge in [-0.25, -0.2) is 8.78 Å². The minimum Gasteiger partial charge on any atom is -0.352 e. The number of rotatable bonds is 6. The minimum absolute atomic E-state index is 0.0600. The summed E-state index contributed by atoms with van der Waals surface area (Å²) in [5.41, 5.74) is 2.31. The van der Waals surface area contributed by atoms with E-state index >= 15 is 0 Å². The molecule has 4 nitrogen and oxygen atoms in total. The zero-order chi connectivity index (χ0) is 18.4. The highest BCUT2D eigenvalue weighted by atomic mass is 19.2. The van der Waals surface area contributed by atoms with Gasteiger partial charge in [-0.15, -0.1) is 0 Å². The maximum atomic E-state index is 13.4. The van der Waals surface area contributed by atoms with Crippen LogP contribution in [0.1, 0.15) is 24.5 Å². The second-order valence-corrected chi connectivity index (χ2v) is 5.72. The molecule has 1 N–H and O–H groups in total. The molecule has 0 saturated carbocycles. The van der Waals surface area contributed by atoms with Crippen molar-refractivity contribution < 1.29 is 18.4 Å². The number of carbonyl (C=O) groups excluding carboxylic acids is 2. The van der Waals surface area contributed by atoms with Gasteiger partial charge in [0.05, 0.1) is 0 Å². The fraction of sp³-hybridized carbons (Fsp3) is 0.263. The highest BCUT2D eigenvalue weighted by Gasteiger charge is 2.15. The number of aryl methyl sites for hydroxylation is 1. The second-order valence-electron chi connectivity index (χ2n) is 5.72. The molecule has 0 bridgehead atoms. The van der Waals surface area contributed by atoms with Gasteiger partial charge in [-0.05, 0) is 30.2 Å². The first kappa shape index (κ1) is 18.6. The Morgan fingerprint density at radius 2 is 1.80 bits per heavy atom. The smallest absolute Gasteiger partial charge is 0.223 e. The Morgan fingerprint density at radius 3 is 2.44 bits per heavy atom. The lowest BCUT2D eigenvalue weighted by Crippen LogP contribution is -2.33. The SMILES string of the molecule is CC(=O)N(CCC(=O)NCc1ccccc1C)c1ccc(F)c(F)c1. The summed E-state index contributed by atoms with van der Waals surface area (Å²) >= 11 is 0. The Hall–Kier alpha value is -2.76. The molecule has 0 aliphatic heterocycles.